The van der Waals surface area contributed by atoms with E-state index < -0.39 is 12.1 Å². The Bertz CT molecular complexity index is 833. The number of benzene rings is 2. The Morgan fingerprint density at radius 3 is 2.48 bits per heavy atom. The largest absolute Gasteiger partial charge is 0.494 e. The van der Waals surface area contributed by atoms with Gasteiger partial charge in [-0.1, -0.05) is 24.3 Å². The van der Waals surface area contributed by atoms with Gasteiger partial charge < -0.3 is 19.5 Å². The maximum atomic E-state index is 12.5. The summed E-state index contributed by atoms with van der Waals surface area (Å²) < 4.78 is 16.0. The molecule has 1 aliphatic carbocycles. The lowest BCUT2D eigenvalue weighted by atomic mass is 9.87. The topological polar surface area (TPSA) is 73.9 Å². The second-order valence-corrected chi connectivity index (χ2v) is 6.98. The molecule has 0 saturated heterocycles. The van der Waals surface area contributed by atoms with Gasteiger partial charge >= 0.3 is 5.97 Å². The molecule has 0 bridgehead atoms. The minimum atomic E-state index is -0.888. The van der Waals surface area contributed by atoms with Gasteiger partial charge in [-0.15, -0.1) is 0 Å². The van der Waals surface area contributed by atoms with Crippen LogP contribution >= 0.6 is 0 Å². The van der Waals surface area contributed by atoms with E-state index >= 15 is 0 Å². The van der Waals surface area contributed by atoms with Gasteiger partial charge in [0.05, 0.1) is 12.6 Å². The van der Waals surface area contributed by atoms with Crippen molar-refractivity contribution in [2.45, 2.75) is 45.3 Å². The number of ether oxygens (including phenoxy) is 3. The van der Waals surface area contributed by atoms with Crippen LogP contribution in [0.3, 0.4) is 0 Å². The van der Waals surface area contributed by atoms with E-state index in [1.165, 1.54) is 5.56 Å². The van der Waals surface area contributed by atoms with Gasteiger partial charge in [0.25, 0.3) is 5.91 Å². The number of rotatable bonds is 8. The molecule has 0 unspecified atom stereocenters. The first-order valence-corrected chi connectivity index (χ1v) is 10.00. The fourth-order valence-electron chi connectivity index (χ4n) is 3.42. The van der Waals surface area contributed by atoms with Crippen LogP contribution in [0.5, 0.6) is 11.5 Å². The van der Waals surface area contributed by atoms with Crippen molar-refractivity contribution in [2.24, 2.45) is 0 Å². The van der Waals surface area contributed by atoms with Crippen molar-refractivity contribution in [1.29, 1.82) is 0 Å². The Kier molecular flexibility index (Phi) is 7.11. The molecule has 6 nitrogen and oxygen atoms in total. The highest BCUT2D eigenvalue weighted by atomic mass is 16.6. The molecule has 2 aromatic carbocycles. The van der Waals surface area contributed by atoms with Crippen LogP contribution in [0.15, 0.2) is 48.5 Å². The van der Waals surface area contributed by atoms with Crippen molar-refractivity contribution in [3.05, 3.63) is 59.7 Å². The van der Waals surface area contributed by atoms with Crippen LogP contribution < -0.4 is 14.8 Å². The second kappa shape index (κ2) is 9.96. The Morgan fingerprint density at radius 1 is 1.07 bits per heavy atom. The Hall–Kier alpha value is -3.02. The molecule has 3 rings (SSSR count). The van der Waals surface area contributed by atoms with E-state index in [0.717, 1.165) is 30.6 Å². The highest BCUT2D eigenvalue weighted by Gasteiger charge is 2.25. The zero-order chi connectivity index (χ0) is 20.6. The molecule has 2 atom stereocenters. The zero-order valence-corrected chi connectivity index (χ0v) is 16.9. The third-order valence-electron chi connectivity index (χ3n) is 4.85. The van der Waals surface area contributed by atoms with Crippen LogP contribution in [0.2, 0.25) is 0 Å². The van der Waals surface area contributed by atoms with E-state index in [-0.39, 0.29) is 18.6 Å². The van der Waals surface area contributed by atoms with E-state index in [9.17, 15) is 9.59 Å². The number of carbonyl (C=O) groups is 2. The van der Waals surface area contributed by atoms with Gasteiger partial charge in [-0.05, 0) is 68.5 Å². The standard InChI is InChI=1S/C23H27NO5/c1-3-27-18-11-13-19(14-12-18)28-15-22(25)29-16(2)23(26)24-21-10-6-8-17-7-4-5-9-20(17)21/h4-5,7,9,11-14,16,21H,3,6,8,10,15H2,1-2H3,(H,24,26)/t16-,21-/m1/s1. The minimum absolute atomic E-state index is 0.0475. The smallest absolute Gasteiger partial charge is 0.344 e. The van der Waals surface area contributed by atoms with Crippen LogP contribution in [0.4, 0.5) is 0 Å². The van der Waals surface area contributed by atoms with Crippen molar-refractivity contribution < 1.29 is 23.8 Å². The molecule has 0 aromatic heterocycles. The molecule has 1 aliphatic rings. The molecule has 0 radical (unpaired) electrons. The van der Waals surface area contributed by atoms with Crippen LogP contribution in [0.25, 0.3) is 0 Å². The Morgan fingerprint density at radius 2 is 1.76 bits per heavy atom. The number of nitrogens with one attached hydrogen (secondary N) is 1. The summed E-state index contributed by atoms with van der Waals surface area (Å²) >= 11 is 0. The summed E-state index contributed by atoms with van der Waals surface area (Å²) in [6.45, 7) is 3.79. The molecular formula is C23H27NO5. The van der Waals surface area contributed by atoms with Crippen LogP contribution in [0, 0.1) is 0 Å². The van der Waals surface area contributed by atoms with Crippen molar-refractivity contribution in [1.82, 2.24) is 5.32 Å². The molecule has 0 aliphatic heterocycles. The number of hydrogen-bond acceptors (Lipinski definition) is 5. The van der Waals surface area contributed by atoms with E-state index in [4.69, 9.17) is 14.2 Å². The number of amides is 1. The molecule has 2 aromatic rings. The SMILES string of the molecule is CCOc1ccc(OCC(=O)O[C@H](C)C(=O)N[C@@H]2CCCc3ccccc32)cc1. The molecule has 0 spiro atoms. The van der Waals surface area contributed by atoms with Crippen LogP contribution in [-0.4, -0.2) is 31.2 Å². The van der Waals surface area contributed by atoms with Gasteiger partial charge in [-0.25, -0.2) is 4.79 Å². The predicted molar refractivity (Wildman–Crippen MR) is 109 cm³/mol. The van der Waals surface area contributed by atoms with Crippen molar-refractivity contribution in [3.63, 3.8) is 0 Å². The predicted octanol–water partition coefficient (Wildman–Crippen LogP) is 3.59. The number of hydrogen-bond donors (Lipinski definition) is 1. The second-order valence-electron chi connectivity index (χ2n) is 6.98. The average molecular weight is 397 g/mol. The first-order valence-electron chi connectivity index (χ1n) is 10.00. The first-order chi connectivity index (χ1) is 14.1. The molecule has 0 heterocycles. The van der Waals surface area contributed by atoms with E-state index in [0.29, 0.717) is 12.4 Å². The van der Waals surface area contributed by atoms with Gasteiger partial charge in [0.1, 0.15) is 11.5 Å². The highest BCUT2D eigenvalue weighted by Crippen LogP contribution is 2.29. The van der Waals surface area contributed by atoms with E-state index in [2.05, 4.69) is 11.4 Å². The third kappa shape index (κ3) is 5.73. The summed E-state index contributed by atoms with van der Waals surface area (Å²) in [7, 11) is 0. The first kappa shape index (κ1) is 20.7. The van der Waals surface area contributed by atoms with Crippen LogP contribution in [0.1, 0.15) is 43.9 Å². The number of carbonyl (C=O) groups excluding carboxylic acids is 2. The van der Waals surface area contributed by atoms with E-state index in [1.54, 1.807) is 31.2 Å². The molecule has 29 heavy (non-hydrogen) atoms. The summed E-state index contributed by atoms with van der Waals surface area (Å²) in [5.41, 5.74) is 2.40. The highest BCUT2D eigenvalue weighted by molar-refractivity contribution is 5.84. The lowest BCUT2D eigenvalue weighted by Gasteiger charge is -2.27. The summed E-state index contributed by atoms with van der Waals surface area (Å²) in [5, 5.41) is 3.00. The summed E-state index contributed by atoms with van der Waals surface area (Å²) in [5.74, 6) is 0.366. The fraction of sp³-hybridized carbons (Fsp3) is 0.391. The minimum Gasteiger partial charge on any atom is -0.494 e. The summed E-state index contributed by atoms with van der Waals surface area (Å²) in [6, 6.07) is 15.0. The van der Waals surface area contributed by atoms with Gasteiger partial charge in [-0.2, -0.15) is 0 Å². The van der Waals surface area contributed by atoms with E-state index in [1.807, 2.05) is 25.1 Å². The van der Waals surface area contributed by atoms with Crippen molar-refractivity contribution in [3.8, 4) is 11.5 Å². The van der Waals surface area contributed by atoms with Crippen molar-refractivity contribution in [2.75, 3.05) is 13.2 Å². The maximum absolute atomic E-state index is 12.5. The van der Waals surface area contributed by atoms with Gasteiger partial charge in [0.2, 0.25) is 0 Å². The van der Waals surface area contributed by atoms with Gasteiger partial charge in [0, 0.05) is 0 Å². The van der Waals surface area contributed by atoms with Gasteiger partial charge in [0.15, 0.2) is 12.7 Å². The average Bonchev–Trinajstić information content (AvgIpc) is 2.73. The van der Waals surface area contributed by atoms with Gasteiger partial charge in [-0.3, -0.25) is 4.79 Å². The lowest BCUT2D eigenvalue weighted by Crippen LogP contribution is -2.39. The van der Waals surface area contributed by atoms with Crippen molar-refractivity contribution >= 4 is 11.9 Å². The molecule has 1 N–H and O–H groups in total. The Labute approximate surface area is 171 Å². The zero-order valence-electron chi connectivity index (χ0n) is 16.9. The normalized spacial score (nSPS) is 16.3. The molecule has 1 amide bonds. The molecular weight excluding hydrogens is 370 g/mol. The molecule has 154 valence electrons. The maximum Gasteiger partial charge on any atom is 0.344 e. The number of esters is 1. The van der Waals surface area contributed by atoms with Crippen LogP contribution in [-0.2, 0) is 20.7 Å². The monoisotopic (exact) mass is 397 g/mol. The Balaban J connectivity index is 1.46. The molecule has 0 fully saturated rings. The number of fused-ring (bicyclic) bond motifs is 1. The molecule has 0 saturated carbocycles. The summed E-state index contributed by atoms with van der Waals surface area (Å²) in [4.78, 5) is 24.5. The summed E-state index contributed by atoms with van der Waals surface area (Å²) in [6.07, 6.45) is 2.03. The quantitative estimate of drug-likeness (QED) is 0.689. The fourth-order valence-corrected chi connectivity index (χ4v) is 3.42. The number of aryl methyl sites for hydroxylation is 1. The molecule has 6 heteroatoms. The lowest BCUT2D eigenvalue weighted by molar-refractivity contribution is -0.156. The third-order valence-corrected chi connectivity index (χ3v) is 4.85.